The Balaban J connectivity index is 1.96. The zero-order chi connectivity index (χ0) is 10.8. The lowest BCUT2D eigenvalue weighted by Crippen LogP contribution is -2.60. The van der Waals surface area contributed by atoms with Gasteiger partial charge >= 0.3 is 0 Å². The zero-order valence-electron chi connectivity index (χ0n) is 9.97. The predicted molar refractivity (Wildman–Crippen MR) is 60.1 cm³/mol. The fourth-order valence-electron chi connectivity index (χ4n) is 2.85. The molecule has 88 valence electrons. The summed E-state index contributed by atoms with van der Waals surface area (Å²) >= 11 is 0. The Kier molecular flexibility index (Phi) is 3.33. The van der Waals surface area contributed by atoms with Gasteiger partial charge in [-0.15, -0.1) is 0 Å². The molecule has 1 aliphatic carbocycles. The molecular formula is C12H23NO2. The van der Waals surface area contributed by atoms with Crippen LogP contribution >= 0.6 is 0 Å². The average molecular weight is 213 g/mol. The van der Waals surface area contributed by atoms with Crippen molar-refractivity contribution < 1.29 is 9.47 Å². The van der Waals surface area contributed by atoms with Crippen LogP contribution in [-0.2, 0) is 9.47 Å². The summed E-state index contributed by atoms with van der Waals surface area (Å²) in [5.74, 6) is 0. The zero-order valence-corrected chi connectivity index (χ0v) is 9.97. The van der Waals surface area contributed by atoms with Gasteiger partial charge in [-0.1, -0.05) is 12.8 Å². The molecule has 0 aromatic rings. The minimum atomic E-state index is -0.126. The van der Waals surface area contributed by atoms with Gasteiger partial charge in [0.1, 0.15) is 5.60 Å². The Hall–Kier alpha value is -0.120. The minimum Gasteiger partial charge on any atom is -0.379 e. The van der Waals surface area contributed by atoms with Crippen molar-refractivity contribution in [1.29, 1.82) is 0 Å². The van der Waals surface area contributed by atoms with E-state index in [9.17, 15) is 0 Å². The fraction of sp³-hybridized carbons (Fsp3) is 1.00. The molecule has 1 heterocycles. The molecule has 3 heteroatoms. The first-order chi connectivity index (χ1) is 7.18. The van der Waals surface area contributed by atoms with Crippen molar-refractivity contribution in [3.63, 3.8) is 0 Å². The Labute approximate surface area is 92.5 Å². The summed E-state index contributed by atoms with van der Waals surface area (Å²) in [6, 6.07) is 0. The van der Waals surface area contributed by atoms with Gasteiger partial charge in [-0.05, 0) is 26.7 Å². The Morgan fingerprint density at radius 2 is 2.00 bits per heavy atom. The molecule has 0 aromatic carbocycles. The molecule has 1 atom stereocenters. The highest BCUT2D eigenvalue weighted by atomic mass is 16.6. The van der Waals surface area contributed by atoms with Gasteiger partial charge in [-0.25, -0.2) is 0 Å². The molecule has 2 rings (SSSR count). The molecule has 2 aliphatic rings. The van der Waals surface area contributed by atoms with Crippen LogP contribution in [-0.4, -0.2) is 37.5 Å². The summed E-state index contributed by atoms with van der Waals surface area (Å²) in [5, 5.41) is 3.51. The third kappa shape index (κ3) is 2.52. The summed E-state index contributed by atoms with van der Waals surface area (Å²) in [6.45, 7) is 7.60. The van der Waals surface area contributed by atoms with Crippen LogP contribution in [0, 0.1) is 0 Å². The topological polar surface area (TPSA) is 30.5 Å². The quantitative estimate of drug-likeness (QED) is 0.774. The second kappa shape index (κ2) is 4.40. The van der Waals surface area contributed by atoms with Gasteiger partial charge in [0, 0.05) is 19.7 Å². The van der Waals surface area contributed by atoms with Crippen LogP contribution < -0.4 is 5.32 Å². The van der Waals surface area contributed by atoms with E-state index in [-0.39, 0.29) is 11.2 Å². The molecule has 0 radical (unpaired) electrons. The number of ether oxygens (including phenoxy) is 2. The third-order valence-electron chi connectivity index (χ3n) is 3.54. The molecule has 1 N–H and O–H groups in total. The lowest BCUT2D eigenvalue weighted by atomic mass is 9.95. The van der Waals surface area contributed by atoms with Crippen molar-refractivity contribution >= 4 is 0 Å². The molecule has 3 nitrogen and oxygen atoms in total. The van der Waals surface area contributed by atoms with E-state index in [1.165, 1.54) is 25.7 Å². The number of hydrogen-bond donors (Lipinski definition) is 1. The van der Waals surface area contributed by atoms with E-state index in [0.717, 1.165) is 19.7 Å². The summed E-state index contributed by atoms with van der Waals surface area (Å²) in [4.78, 5) is 0. The van der Waals surface area contributed by atoms with Crippen LogP contribution in [0.4, 0.5) is 0 Å². The second-order valence-electron chi connectivity index (χ2n) is 5.18. The fourth-order valence-corrected chi connectivity index (χ4v) is 2.85. The maximum Gasteiger partial charge on any atom is 0.102 e. The van der Waals surface area contributed by atoms with Crippen molar-refractivity contribution in [3.05, 3.63) is 0 Å². The summed E-state index contributed by atoms with van der Waals surface area (Å²) in [7, 11) is 0. The molecule has 15 heavy (non-hydrogen) atoms. The smallest absolute Gasteiger partial charge is 0.102 e. The third-order valence-corrected chi connectivity index (χ3v) is 3.54. The Morgan fingerprint density at radius 3 is 2.67 bits per heavy atom. The van der Waals surface area contributed by atoms with Crippen LogP contribution in [0.3, 0.4) is 0 Å². The highest BCUT2D eigenvalue weighted by Crippen LogP contribution is 2.38. The van der Waals surface area contributed by atoms with Crippen molar-refractivity contribution in [1.82, 2.24) is 5.32 Å². The lowest BCUT2D eigenvalue weighted by Gasteiger charge is -2.45. The van der Waals surface area contributed by atoms with Gasteiger partial charge < -0.3 is 14.8 Å². The van der Waals surface area contributed by atoms with E-state index in [1.54, 1.807) is 0 Å². The van der Waals surface area contributed by atoms with Gasteiger partial charge in [0.05, 0.1) is 12.2 Å². The molecule has 1 saturated heterocycles. The number of morpholine rings is 1. The van der Waals surface area contributed by atoms with Crippen molar-refractivity contribution in [2.24, 2.45) is 0 Å². The maximum atomic E-state index is 6.34. The molecule has 0 bridgehead atoms. The SMILES string of the molecule is CCOCC1(C)CNCC2(CCCC2)O1. The second-order valence-corrected chi connectivity index (χ2v) is 5.18. The van der Waals surface area contributed by atoms with Crippen LogP contribution in [0.5, 0.6) is 0 Å². The lowest BCUT2D eigenvalue weighted by molar-refractivity contribution is -0.189. The van der Waals surface area contributed by atoms with Gasteiger partial charge in [0.25, 0.3) is 0 Å². The molecule has 0 amide bonds. The average Bonchev–Trinajstić information content (AvgIpc) is 2.63. The van der Waals surface area contributed by atoms with Crippen LogP contribution in [0.15, 0.2) is 0 Å². The van der Waals surface area contributed by atoms with E-state index < -0.39 is 0 Å². The molecular weight excluding hydrogens is 190 g/mol. The number of nitrogens with one attached hydrogen (secondary N) is 1. The monoisotopic (exact) mass is 213 g/mol. The minimum absolute atomic E-state index is 0.115. The molecule has 1 spiro atoms. The van der Waals surface area contributed by atoms with Crippen LogP contribution in [0.1, 0.15) is 39.5 Å². The van der Waals surface area contributed by atoms with E-state index in [2.05, 4.69) is 12.2 Å². The van der Waals surface area contributed by atoms with Crippen LogP contribution in [0.25, 0.3) is 0 Å². The van der Waals surface area contributed by atoms with Crippen LogP contribution in [0.2, 0.25) is 0 Å². The predicted octanol–water partition coefficient (Wildman–Crippen LogP) is 1.71. The summed E-state index contributed by atoms with van der Waals surface area (Å²) in [6.07, 6.45) is 5.04. The van der Waals surface area contributed by atoms with Gasteiger partial charge in [-0.3, -0.25) is 0 Å². The first-order valence-corrected chi connectivity index (χ1v) is 6.17. The number of rotatable bonds is 3. The van der Waals surface area contributed by atoms with Gasteiger partial charge in [0.2, 0.25) is 0 Å². The standard InChI is InChI=1S/C12H23NO2/c1-3-14-10-11(2)8-13-9-12(15-11)6-4-5-7-12/h13H,3-10H2,1-2H3. The van der Waals surface area contributed by atoms with E-state index in [0.29, 0.717) is 6.61 Å². The number of hydrogen-bond acceptors (Lipinski definition) is 3. The van der Waals surface area contributed by atoms with Crippen molar-refractivity contribution in [2.75, 3.05) is 26.3 Å². The van der Waals surface area contributed by atoms with Crippen molar-refractivity contribution in [2.45, 2.75) is 50.7 Å². The summed E-state index contributed by atoms with van der Waals surface area (Å²) < 4.78 is 11.9. The van der Waals surface area contributed by atoms with Crippen molar-refractivity contribution in [3.8, 4) is 0 Å². The van der Waals surface area contributed by atoms with Gasteiger partial charge in [0.15, 0.2) is 0 Å². The van der Waals surface area contributed by atoms with E-state index >= 15 is 0 Å². The first kappa shape index (κ1) is 11.4. The molecule has 2 fully saturated rings. The normalized spacial score (nSPS) is 34.8. The highest BCUT2D eigenvalue weighted by molar-refractivity contribution is 4.97. The molecule has 1 unspecified atom stereocenters. The highest BCUT2D eigenvalue weighted by Gasteiger charge is 2.44. The Bertz CT molecular complexity index is 214. The van der Waals surface area contributed by atoms with E-state index in [1.807, 2.05) is 6.92 Å². The molecule has 1 aliphatic heterocycles. The maximum absolute atomic E-state index is 6.34. The Morgan fingerprint density at radius 1 is 1.27 bits per heavy atom. The van der Waals surface area contributed by atoms with Gasteiger partial charge in [-0.2, -0.15) is 0 Å². The summed E-state index contributed by atoms with van der Waals surface area (Å²) in [5.41, 5.74) is -0.0112. The van der Waals surface area contributed by atoms with E-state index in [4.69, 9.17) is 9.47 Å². The largest absolute Gasteiger partial charge is 0.379 e. The molecule has 1 saturated carbocycles. The first-order valence-electron chi connectivity index (χ1n) is 6.17. The molecule has 0 aromatic heterocycles.